The van der Waals surface area contributed by atoms with Gasteiger partial charge in [-0.2, -0.15) is 0 Å². The molecule has 0 aromatic carbocycles. The zero-order valence-electron chi connectivity index (χ0n) is 12.9. The second-order valence-corrected chi connectivity index (χ2v) is 9.92. The molecule has 1 aromatic rings. The highest BCUT2D eigenvalue weighted by atomic mass is 32.2. The summed E-state index contributed by atoms with van der Waals surface area (Å²) in [5, 5.41) is 0. The number of hydrogen-bond donors (Lipinski definition) is 0. The number of furan rings is 1. The standard InChI is InChI=1S/C17H24O2S2/c1-13(18)11-17(20-9-4-10-21-17)12-16(2)7-3-5-14-6-8-19-15(14)16/h6,8H,3-5,7,9-12H2,1-2H3. The lowest BCUT2D eigenvalue weighted by Gasteiger charge is -2.43. The molecule has 1 fully saturated rings. The molecule has 0 bridgehead atoms. The first-order valence-corrected chi connectivity index (χ1v) is 9.84. The Bertz CT molecular complexity index is 517. The van der Waals surface area contributed by atoms with Crippen molar-refractivity contribution in [3.63, 3.8) is 0 Å². The molecule has 0 N–H and O–H groups in total. The van der Waals surface area contributed by atoms with E-state index in [-0.39, 0.29) is 9.49 Å². The lowest BCUT2D eigenvalue weighted by Crippen LogP contribution is -2.38. The van der Waals surface area contributed by atoms with Crippen molar-refractivity contribution in [1.82, 2.24) is 0 Å². The Balaban J connectivity index is 1.87. The highest BCUT2D eigenvalue weighted by molar-refractivity contribution is 8.18. The van der Waals surface area contributed by atoms with Gasteiger partial charge in [0.1, 0.15) is 11.5 Å². The summed E-state index contributed by atoms with van der Waals surface area (Å²) in [7, 11) is 0. The van der Waals surface area contributed by atoms with E-state index in [1.165, 1.54) is 42.1 Å². The maximum Gasteiger partial charge on any atom is 0.132 e. The number of carbonyl (C=O) groups excluding carboxylic acids is 1. The molecule has 1 aliphatic heterocycles. The molecule has 2 nitrogen and oxygen atoms in total. The molecule has 0 amide bonds. The molecule has 2 aliphatic rings. The molecule has 0 spiro atoms. The fraction of sp³-hybridized carbons (Fsp3) is 0.706. The van der Waals surface area contributed by atoms with Crippen LogP contribution in [-0.2, 0) is 16.6 Å². The summed E-state index contributed by atoms with van der Waals surface area (Å²) in [6.45, 7) is 4.07. The van der Waals surface area contributed by atoms with E-state index in [0.717, 1.165) is 12.8 Å². The van der Waals surface area contributed by atoms with Crippen LogP contribution in [0.2, 0.25) is 0 Å². The number of hydrogen-bond acceptors (Lipinski definition) is 4. The number of rotatable bonds is 4. The second-order valence-electron chi connectivity index (χ2n) is 6.71. The molecule has 116 valence electrons. The highest BCUT2D eigenvalue weighted by Crippen LogP contribution is 2.54. The second kappa shape index (κ2) is 6.04. The topological polar surface area (TPSA) is 30.2 Å². The maximum atomic E-state index is 11.8. The van der Waals surface area contributed by atoms with Gasteiger partial charge < -0.3 is 4.42 Å². The third-order valence-corrected chi connectivity index (χ3v) is 7.99. The summed E-state index contributed by atoms with van der Waals surface area (Å²) in [6, 6.07) is 2.13. The summed E-state index contributed by atoms with van der Waals surface area (Å²) in [6.07, 6.45) is 8.39. The molecule has 3 rings (SSSR count). The monoisotopic (exact) mass is 324 g/mol. The van der Waals surface area contributed by atoms with Gasteiger partial charge in [0.15, 0.2) is 0 Å². The van der Waals surface area contributed by atoms with Crippen LogP contribution >= 0.6 is 23.5 Å². The number of aryl methyl sites for hydroxylation is 1. The zero-order valence-corrected chi connectivity index (χ0v) is 14.6. The van der Waals surface area contributed by atoms with E-state index in [9.17, 15) is 4.79 Å². The van der Waals surface area contributed by atoms with Crippen LogP contribution in [0.4, 0.5) is 0 Å². The van der Waals surface area contributed by atoms with Crippen LogP contribution < -0.4 is 0 Å². The average molecular weight is 325 g/mol. The third-order valence-electron chi connectivity index (χ3n) is 4.67. The van der Waals surface area contributed by atoms with E-state index in [0.29, 0.717) is 12.2 Å². The molecule has 0 saturated carbocycles. The van der Waals surface area contributed by atoms with E-state index < -0.39 is 0 Å². The Kier molecular flexibility index (Phi) is 4.47. The van der Waals surface area contributed by atoms with Crippen molar-refractivity contribution < 1.29 is 9.21 Å². The van der Waals surface area contributed by atoms with Crippen molar-refractivity contribution in [2.75, 3.05) is 11.5 Å². The van der Waals surface area contributed by atoms with Gasteiger partial charge >= 0.3 is 0 Å². The van der Waals surface area contributed by atoms with Crippen molar-refractivity contribution in [2.24, 2.45) is 0 Å². The van der Waals surface area contributed by atoms with E-state index in [1.807, 2.05) is 29.8 Å². The predicted molar refractivity (Wildman–Crippen MR) is 91.2 cm³/mol. The fourth-order valence-electron chi connectivity index (χ4n) is 3.87. The molecular formula is C17H24O2S2. The number of ketones is 1. The summed E-state index contributed by atoms with van der Waals surface area (Å²) in [5.41, 5.74) is 1.47. The van der Waals surface area contributed by atoms with Gasteiger partial charge in [-0.1, -0.05) is 6.92 Å². The van der Waals surface area contributed by atoms with E-state index in [1.54, 1.807) is 6.92 Å². The Morgan fingerprint density at radius 1 is 1.33 bits per heavy atom. The first-order chi connectivity index (χ1) is 10.0. The predicted octanol–water partition coefficient (Wildman–Crippen LogP) is 4.81. The van der Waals surface area contributed by atoms with Gasteiger partial charge in [0.2, 0.25) is 0 Å². The van der Waals surface area contributed by atoms with Gasteiger partial charge in [0, 0.05) is 11.8 Å². The molecule has 2 heterocycles. The minimum atomic E-state index is 0.0558. The minimum Gasteiger partial charge on any atom is -0.468 e. The third kappa shape index (κ3) is 3.21. The SMILES string of the molecule is CC(=O)CC1(CC2(C)CCCc3ccoc32)SCCCS1. The number of fused-ring (bicyclic) bond motifs is 1. The van der Waals surface area contributed by atoms with Gasteiger partial charge in [-0.3, -0.25) is 4.79 Å². The van der Waals surface area contributed by atoms with Crippen molar-refractivity contribution in [3.05, 3.63) is 23.7 Å². The zero-order chi connectivity index (χ0) is 14.9. The fourth-order valence-corrected chi connectivity index (χ4v) is 7.66. The lowest BCUT2D eigenvalue weighted by atomic mass is 9.72. The minimum absolute atomic E-state index is 0.0558. The summed E-state index contributed by atoms with van der Waals surface area (Å²) >= 11 is 4.02. The van der Waals surface area contributed by atoms with Crippen LogP contribution in [0.1, 0.15) is 57.3 Å². The number of thioether (sulfide) groups is 2. The van der Waals surface area contributed by atoms with E-state index in [2.05, 4.69) is 13.0 Å². The van der Waals surface area contributed by atoms with Gasteiger partial charge in [-0.15, -0.1) is 23.5 Å². The largest absolute Gasteiger partial charge is 0.468 e. The van der Waals surface area contributed by atoms with E-state index in [4.69, 9.17) is 4.42 Å². The molecule has 0 radical (unpaired) electrons. The highest BCUT2D eigenvalue weighted by Gasteiger charge is 2.45. The molecule has 21 heavy (non-hydrogen) atoms. The van der Waals surface area contributed by atoms with Gasteiger partial charge in [-0.25, -0.2) is 0 Å². The van der Waals surface area contributed by atoms with E-state index >= 15 is 0 Å². The maximum absolute atomic E-state index is 11.8. The lowest BCUT2D eigenvalue weighted by molar-refractivity contribution is -0.117. The summed E-state index contributed by atoms with van der Waals surface area (Å²) < 4.78 is 5.92. The van der Waals surface area contributed by atoms with Crippen molar-refractivity contribution in [3.8, 4) is 0 Å². The molecule has 1 saturated heterocycles. The summed E-state index contributed by atoms with van der Waals surface area (Å²) in [4.78, 5) is 11.8. The number of carbonyl (C=O) groups is 1. The Labute approximate surface area is 135 Å². The molecule has 1 atom stereocenters. The van der Waals surface area contributed by atoms with Crippen LogP contribution in [0, 0.1) is 0 Å². The van der Waals surface area contributed by atoms with Crippen molar-refractivity contribution in [2.45, 2.75) is 61.9 Å². The molecule has 4 heteroatoms. The molecular weight excluding hydrogens is 300 g/mol. The Hall–Kier alpha value is -0.350. The van der Waals surface area contributed by atoms with Gasteiger partial charge in [0.05, 0.1) is 10.3 Å². The van der Waals surface area contributed by atoms with Crippen LogP contribution in [0.5, 0.6) is 0 Å². The smallest absolute Gasteiger partial charge is 0.132 e. The Morgan fingerprint density at radius 2 is 2.10 bits per heavy atom. The first-order valence-electron chi connectivity index (χ1n) is 7.87. The van der Waals surface area contributed by atoms with Crippen LogP contribution in [0.25, 0.3) is 0 Å². The quantitative estimate of drug-likeness (QED) is 0.795. The molecule has 1 aliphatic carbocycles. The Morgan fingerprint density at radius 3 is 2.81 bits per heavy atom. The van der Waals surface area contributed by atoms with Crippen molar-refractivity contribution in [1.29, 1.82) is 0 Å². The molecule has 1 aromatic heterocycles. The van der Waals surface area contributed by atoms with Crippen LogP contribution in [-0.4, -0.2) is 21.4 Å². The number of Topliss-reactive ketones (excluding diaryl/α,β-unsaturated/α-hetero) is 1. The molecule has 1 unspecified atom stereocenters. The van der Waals surface area contributed by atoms with Crippen LogP contribution in [0.15, 0.2) is 16.7 Å². The van der Waals surface area contributed by atoms with Crippen molar-refractivity contribution >= 4 is 29.3 Å². The van der Waals surface area contributed by atoms with Gasteiger partial charge in [-0.05, 0) is 62.2 Å². The first kappa shape index (κ1) is 15.5. The normalized spacial score (nSPS) is 28.1. The van der Waals surface area contributed by atoms with Crippen LogP contribution in [0.3, 0.4) is 0 Å². The summed E-state index contributed by atoms with van der Waals surface area (Å²) in [5.74, 6) is 3.86. The average Bonchev–Trinajstić information content (AvgIpc) is 2.88. The van der Waals surface area contributed by atoms with Gasteiger partial charge in [0.25, 0.3) is 0 Å².